The minimum absolute atomic E-state index is 0.224. The molecule has 0 aliphatic rings. The summed E-state index contributed by atoms with van der Waals surface area (Å²) in [6, 6.07) is 13.1. The molecule has 0 aromatic heterocycles. The topological polar surface area (TPSA) is 26.3 Å². The summed E-state index contributed by atoms with van der Waals surface area (Å²) in [6.45, 7) is 2.54. The molecule has 0 spiro atoms. The van der Waals surface area contributed by atoms with Crippen molar-refractivity contribution < 1.29 is 13.9 Å². The number of allylic oxidation sites excluding steroid dienone is 1. The molecule has 20 heavy (non-hydrogen) atoms. The van der Waals surface area contributed by atoms with Gasteiger partial charge in [-0.05, 0) is 42.8 Å². The molecule has 2 aromatic rings. The number of hydrogen-bond donors (Lipinski definition) is 0. The summed E-state index contributed by atoms with van der Waals surface area (Å²) in [5.74, 6) is 0.157. The first-order chi connectivity index (χ1) is 9.69. The third-order valence-electron chi connectivity index (χ3n) is 2.73. The van der Waals surface area contributed by atoms with Crippen molar-refractivity contribution in [3.05, 3.63) is 71.6 Å². The van der Waals surface area contributed by atoms with Gasteiger partial charge in [0.05, 0.1) is 6.61 Å². The molecule has 2 aromatic carbocycles. The van der Waals surface area contributed by atoms with E-state index in [9.17, 15) is 9.18 Å². The Bertz CT molecular complexity index is 615. The van der Waals surface area contributed by atoms with Crippen LogP contribution in [0.1, 0.15) is 22.8 Å². The third-order valence-corrected chi connectivity index (χ3v) is 2.73. The first-order valence-electron chi connectivity index (χ1n) is 6.40. The van der Waals surface area contributed by atoms with Crippen LogP contribution < -0.4 is 4.74 Å². The lowest BCUT2D eigenvalue weighted by molar-refractivity contribution is 0.104. The standard InChI is InChI=1S/C17H15FO2/c1-2-20-16-9-6-13(7-10-16)8-11-17(19)14-4-3-5-15(18)12-14/h3-12H,2H2,1H3/b11-8+. The smallest absolute Gasteiger partial charge is 0.185 e. The van der Waals surface area contributed by atoms with Crippen molar-refractivity contribution in [1.82, 2.24) is 0 Å². The Morgan fingerprint density at radius 2 is 1.95 bits per heavy atom. The molecule has 0 amide bonds. The van der Waals surface area contributed by atoms with Gasteiger partial charge in [0, 0.05) is 5.56 Å². The van der Waals surface area contributed by atoms with E-state index in [1.165, 1.54) is 24.3 Å². The summed E-state index contributed by atoms with van der Waals surface area (Å²) in [5.41, 5.74) is 1.23. The molecular formula is C17H15FO2. The van der Waals surface area contributed by atoms with Gasteiger partial charge in [0.2, 0.25) is 0 Å². The Labute approximate surface area is 117 Å². The van der Waals surface area contributed by atoms with Gasteiger partial charge in [-0.3, -0.25) is 4.79 Å². The van der Waals surface area contributed by atoms with Gasteiger partial charge in [0.1, 0.15) is 11.6 Å². The van der Waals surface area contributed by atoms with Crippen LogP contribution in [0.25, 0.3) is 6.08 Å². The minimum Gasteiger partial charge on any atom is -0.494 e. The molecule has 0 radical (unpaired) electrons. The quantitative estimate of drug-likeness (QED) is 0.603. The van der Waals surface area contributed by atoms with Crippen LogP contribution in [-0.2, 0) is 0 Å². The third kappa shape index (κ3) is 3.79. The molecule has 0 aliphatic carbocycles. The Balaban J connectivity index is 2.07. The van der Waals surface area contributed by atoms with E-state index in [1.54, 1.807) is 12.1 Å². The molecule has 0 heterocycles. The molecule has 0 saturated heterocycles. The summed E-state index contributed by atoms with van der Waals surface area (Å²) in [6.07, 6.45) is 3.13. The lowest BCUT2D eigenvalue weighted by Crippen LogP contribution is -1.94. The van der Waals surface area contributed by atoms with E-state index in [4.69, 9.17) is 4.74 Å². The van der Waals surface area contributed by atoms with Gasteiger partial charge in [0.15, 0.2) is 5.78 Å². The maximum Gasteiger partial charge on any atom is 0.185 e. The maximum absolute atomic E-state index is 13.0. The van der Waals surface area contributed by atoms with E-state index in [-0.39, 0.29) is 5.78 Å². The Morgan fingerprint density at radius 3 is 2.60 bits per heavy atom. The van der Waals surface area contributed by atoms with Crippen molar-refractivity contribution in [1.29, 1.82) is 0 Å². The molecule has 3 heteroatoms. The summed E-state index contributed by atoms with van der Waals surface area (Å²) in [7, 11) is 0. The SMILES string of the molecule is CCOc1ccc(/C=C/C(=O)c2cccc(F)c2)cc1. The van der Waals surface area contributed by atoms with Crippen LogP contribution in [0.15, 0.2) is 54.6 Å². The van der Waals surface area contributed by atoms with Crippen molar-refractivity contribution in [2.45, 2.75) is 6.92 Å². The monoisotopic (exact) mass is 270 g/mol. The van der Waals surface area contributed by atoms with Crippen molar-refractivity contribution in [3.8, 4) is 5.75 Å². The molecule has 0 saturated carbocycles. The van der Waals surface area contributed by atoms with Gasteiger partial charge >= 0.3 is 0 Å². The Hall–Kier alpha value is -2.42. The van der Waals surface area contributed by atoms with Gasteiger partial charge in [-0.2, -0.15) is 0 Å². The number of halogens is 1. The average molecular weight is 270 g/mol. The van der Waals surface area contributed by atoms with E-state index in [2.05, 4.69) is 0 Å². The molecule has 0 atom stereocenters. The van der Waals surface area contributed by atoms with Gasteiger partial charge in [-0.25, -0.2) is 4.39 Å². The summed E-state index contributed by atoms with van der Waals surface area (Å²) in [5, 5.41) is 0. The van der Waals surface area contributed by atoms with E-state index in [0.29, 0.717) is 12.2 Å². The zero-order valence-electron chi connectivity index (χ0n) is 11.2. The van der Waals surface area contributed by atoms with Crippen LogP contribution in [0, 0.1) is 5.82 Å². The molecule has 0 N–H and O–H groups in total. The molecule has 102 valence electrons. The summed E-state index contributed by atoms with van der Waals surface area (Å²) >= 11 is 0. The van der Waals surface area contributed by atoms with Gasteiger partial charge in [-0.1, -0.05) is 30.3 Å². The second kappa shape index (κ2) is 6.66. The highest BCUT2D eigenvalue weighted by Crippen LogP contribution is 2.13. The predicted molar refractivity (Wildman–Crippen MR) is 77.4 cm³/mol. The fraction of sp³-hybridized carbons (Fsp3) is 0.118. The number of carbonyl (C=O) groups is 1. The van der Waals surface area contributed by atoms with Crippen molar-refractivity contribution in [3.63, 3.8) is 0 Å². The van der Waals surface area contributed by atoms with Crippen molar-refractivity contribution in [2.24, 2.45) is 0 Å². The van der Waals surface area contributed by atoms with Crippen LogP contribution in [0.2, 0.25) is 0 Å². The Morgan fingerprint density at radius 1 is 1.20 bits per heavy atom. The van der Waals surface area contributed by atoms with Gasteiger partial charge in [0.25, 0.3) is 0 Å². The van der Waals surface area contributed by atoms with E-state index in [0.717, 1.165) is 11.3 Å². The molecule has 0 fully saturated rings. The number of rotatable bonds is 5. The zero-order chi connectivity index (χ0) is 14.4. The highest BCUT2D eigenvalue weighted by atomic mass is 19.1. The highest BCUT2D eigenvalue weighted by molar-refractivity contribution is 6.06. The number of ether oxygens (including phenoxy) is 1. The molecule has 2 nitrogen and oxygen atoms in total. The number of hydrogen-bond acceptors (Lipinski definition) is 2. The Kier molecular flexibility index (Phi) is 4.66. The lowest BCUT2D eigenvalue weighted by Gasteiger charge is -2.02. The predicted octanol–water partition coefficient (Wildman–Crippen LogP) is 4.12. The normalized spacial score (nSPS) is 10.7. The van der Waals surface area contributed by atoms with E-state index in [1.807, 2.05) is 31.2 Å². The average Bonchev–Trinajstić information content (AvgIpc) is 2.46. The first kappa shape index (κ1) is 14.0. The van der Waals surface area contributed by atoms with Crippen LogP contribution in [0.3, 0.4) is 0 Å². The van der Waals surface area contributed by atoms with E-state index >= 15 is 0 Å². The van der Waals surface area contributed by atoms with Crippen LogP contribution >= 0.6 is 0 Å². The molecule has 0 unspecified atom stereocenters. The highest BCUT2D eigenvalue weighted by Gasteiger charge is 2.02. The molecule has 0 bridgehead atoms. The first-order valence-corrected chi connectivity index (χ1v) is 6.40. The van der Waals surface area contributed by atoms with Crippen LogP contribution in [0.5, 0.6) is 5.75 Å². The zero-order valence-corrected chi connectivity index (χ0v) is 11.2. The number of carbonyl (C=O) groups excluding carboxylic acids is 1. The van der Waals surface area contributed by atoms with Crippen molar-refractivity contribution in [2.75, 3.05) is 6.61 Å². The number of ketones is 1. The largest absolute Gasteiger partial charge is 0.494 e. The van der Waals surface area contributed by atoms with Gasteiger partial charge in [-0.15, -0.1) is 0 Å². The van der Waals surface area contributed by atoms with Gasteiger partial charge < -0.3 is 4.74 Å². The maximum atomic E-state index is 13.0. The second-order valence-corrected chi connectivity index (χ2v) is 4.21. The fourth-order valence-corrected chi connectivity index (χ4v) is 1.75. The van der Waals surface area contributed by atoms with Crippen LogP contribution in [-0.4, -0.2) is 12.4 Å². The van der Waals surface area contributed by atoms with Crippen LogP contribution in [0.4, 0.5) is 4.39 Å². The lowest BCUT2D eigenvalue weighted by atomic mass is 10.1. The molecule has 0 aliphatic heterocycles. The van der Waals surface area contributed by atoms with E-state index < -0.39 is 5.82 Å². The van der Waals surface area contributed by atoms with Crippen molar-refractivity contribution >= 4 is 11.9 Å². The molecular weight excluding hydrogens is 255 g/mol. The summed E-state index contributed by atoms with van der Waals surface area (Å²) < 4.78 is 18.4. The summed E-state index contributed by atoms with van der Waals surface area (Å²) in [4.78, 5) is 11.9. The number of benzene rings is 2. The molecule has 2 rings (SSSR count). The minimum atomic E-state index is -0.412. The fourth-order valence-electron chi connectivity index (χ4n) is 1.75. The second-order valence-electron chi connectivity index (χ2n) is 4.21.